The molecule has 0 amide bonds. The van der Waals surface area contributed by atoms with Gasteiger partial charge in [-0.05, 0) is 37.3 Å². The van der Waals surface area contributed by atoms with E-state index in [9.17, 15) is 0 Å². The van der Waals surface area contributed by atoms with Gasteiger partial charge in [0.15, 0.2) is 0 Å². The number of morpholine rings is 1. The minimum Gasteiger partial charge on any atom is -0.377 e. The van der Waals surface area contributed by atoms with E-state index in [2.05, 4.69) is 46.0 Å². The monoisotopic (exact) mass is 306 g/mol. The zero-order valence-corrected chi connectivity index (χ0v) is 11.9. The molecular formula is C14H15BrN2O. The minimum atomic E-state index is 0.388. The molecule has 1 aliphatic heterocycles. The van der Waals surface area contributed by atoms with Gasteiger partial charge in [-0.2, -0.15) is 0 Å². The molecule has 3 nitrogen and oxygen atoms in total. The number of nitrogens with zero attached hydrogens (tertiary/aromatic N) is 2. The number of hydrogen-bond acceptors (Lipinski definition) is 3. The van der Waals surface area contributed by atoms with Crippen LogP contribution in [0.2, 0.25) is 0 Å². The van der Waals surface area contributed by atoms with Crippen molar-refractivity contribution in [3.8, 4) is 0 Å². The fourth-order valence-corrected chi connectivity index (χ4v) is 2.69. The average molecular weight is 307 g/mol. The van der Waals surface area contributed by atoms with Gasteiger partial charge in [0, 0.05) is 16.4 Å². The quantitative estimate of drug-likeness (QED) is 0.809. The number of pyridine rings is 1. The van der Waals surface area contributed by atoms with Crippen molar-refractivity contribution in [3.63, 3.8) is 0 Å². The lowest BCUT2D eigenvalue weighted by atomic mass is 10.2. The molecule has 1 saturated heterocycles. The summed E-state index contributed by atoms with van der Waals surface area (Å²) in [5.41, 5.74) is 1.04. The molecule has 18 heavy (non-hydrogen) atoms. The van der Waals surface area contributed by atoms with Crippen molar-refractivity contribution in [1.29, 1.82) is 0 Å². The maximum absolute atomic E-state index is 5.46. The predicted octanol–water partition coefficient (Wildman–Crippen LogP) is 3.22. The summed E-state index contributed by atoms with van der Waals surface area (Å²) in [6, 6.07) is 10.8. The van der Waals surface area contributed by atoms with Crippen LogP contribution in [0.4, 0.5) is 5.82 Å². The largest absolute Gasteiger partial charge is 0.377 e. The number of hydrogen-bond donors (Lipinski definition) is 0. The molecule has 3 rings (SSSR count). The lowest BCUT2D eigenvalue weighted by Gasteiger charge is -2.34. The SMILES string of the molecule is C[C@@H]1COCCN1c1ccc2cc(Br)ccc2n1. The van der Waals surface area contributed by atoms with Crippen molar-refractivity contribution in [2.24, 2.45) is 0 Å². The van der Waals surface area contributed by atoms with Crippen molar-refractivity contribution in [1.82, 2.24) is 4.98 Å². The average Bonchev–Trinajstić information content (AvgIpc) is 2.39. The minimum absolute atomic E-state index is 0.388. The highest BCUT2D eigenvalue weighted by molar-refractivity contribution is 9.10. The molecule has 0 N–H and O–H groups in total. The van der Waals surface area contributed by atoms with Gasteiger partial charge in [0.25, 0.3) is 0 Å². The lowest BCUT2D eigenvalue weighted by Crippen LogP contribution is -2.44. The molecule has 0 radical (unpaired) electrons. The second kappa shape index (κ2) is 4.86. The molecule has 0 aliphatic carbocycles. The number of fused-ring (bicyclic) bond motifs is 1. The van der Waals surface area contributed by atoms with Gasteiger partial charge in [-0.15, -0.1) is 0 Å². The first-order valence-corrected chi connectivity index (χ1v) is 6.94. The van der Waals surface area contributed by atoms with Gasteiger partial charge in [-0.1, -0.05) is 15.9 Å². The Kier molecular flexibility index (Phi) is 3.22. The first-order valence-electron chi connectivity index (χ1n) is 6.15. The highest BCUT2D eigenvalue weighted by atomic mass is 79.9. The van der Waals surface area contributed by atoms with Crippen molar-refractivity contribution < 1.29 is 4.74 Å². The van der Waals surface area contributed by atoms with Gasteiger partial charge in [0.05, 0.1) is 24.8 Å². The van der Waals surface area contributed by atoms with E-state index in [1.165, 1.54) is 0 Å². The normalized spacial score (nSPS) is 20.3. The summed E-state index contributed by atoms with van der Waals surface area (Å²) in [4.78, 5) is 7.05. The van der Waals surface area contributed by atoms with Crippen LogP contribution >= 0.6 is 15.9 Å². The van der Waals surface area contributed by atoms with Crippen molar-refractivity contribution in [2.75, 3.05) is 24.7 Å². The molecule has 1 aromatic heterocycles. The fourth-order valence-electron chi connectivity index (χ4n) is 2.31. The van der Waals surface area contributed by atoms with E-state index in [0.717, 1.165) is 41.0 Å². The zero-order valence-electron chi connectivity index (χ0n) is 10.3. The number of anilines is 1. The maximum atomic E-state index is 5.46. The van der Waals surface area contributed by atoms with Crippen molar-refractivity contribution >= 4 is 32.7 Å². The standard InChI is InChI=1S/C14H15BrN2O/c1-10-9-18-7-6-17(10)14-5-2-11-8-12(15)3-4-13(11)16-14/h2-5,8,10H,6-7,9H2,1H3/t10-/m1/s1. The van der Waals surface area contributed by atoms with E-state index in [-0.39, 0.29) is 0 Å². The molecule has 1 aromatic carbocycles. The molecule has 94 valence electrons. The Morgan fingerprint density at radius 1 is 1.33 bits per heavy atom. The van der Waals surface area contributed by atoms with Gasteiger partial charge in [0.2, 0.25) is 0 Å². The molecule has 1 fully saturated rings. The first-order chi connectivity index (χ1) is 8.74. The van der Waals surface area contributed by atoms with Crippen LogP contribution in [-0.4, -0.2) is 30.8 Å². The number of rotatable bonds is 1. The smallest absolute Gasteiger partial charge is 0.129 e. The molecule has 2 aromatic rings. The van der Waals surface area contributed by atoms with Crippen LogP contribution < -0.4 is 4.90 Å². The highest BCUT2D eigenvalue weighted by Crippen LogP contribution is 2.23. The molecule has 4 heteroatoms. The summed E-state index contributed by atoms with van der Waals surface area (Å²) >= 11 is 3.48. The van der Waals surface area contributed by atoms with Gasteiger partial charge in [-0.25, -0.2) is 4.98 Å². The Labute approximate surface area is 115 Å². The van der Waals surface area contributed by atoms with Crippen LogP contribution in [-0.2, 0) is 4.74 Å². The van der Waals surface area contributed by atoms with Crippen LogP contribution in [0.15, 0.2) is 34.8 Å². The second-order valence-corrected chi connectivity index (χ2v) is 5.54. The molecule has 0 unspecified atom stereocenters. The third-order valence-corrected chi connectivity index (χ3v) is 3.79. The molecule has 0 bridgehead atoms. The van der Waals surface area contributed by atoms with Crippen molar-refractivity contribution in [3.05, 3.63) is 34.8 Å². The number of aromatic nitrogens is 1. The lowest BCUT2D eigenvalue weighted by molar-refractivity contribution is 0.0986. The summed E-state index contributed by atoms with van der Waals surface area (Å²) in [6.07, 6.45) is 0. The summed E-state index contributed by atoms with van der Waals surface area (Å²) in [5, 5.41) is 1.16. The van der Waals surface area contributed by atoms with Crippen LogP contribution in [0.1, 0.15) is 6.92 Å². The number of benzene rings is 1. The summed E-state index contributed by atoms with van der Waals surface area (Å²) < 4.78 is 6.55. The Morgan fingerprint density at radius 2 is 2.22 bits per heavy atom. The summed E-state index contributed by atoms with van der Waals surface area (Å²) in [5.74, 6) is 1.04. The van der Waals surface area contributed by atoms with E-state index in [4.69, 9.17) is 9.72 Å². The zero-order chi connectivity index (χ0) is 12.5. The Morgan fingerprint density at radius 3 is 3.06 bits per heavy atom. The molecule has 1 atom stereocenters. The first kappa shape index (κ1) is 11.9. The number of halogens is 1. The van der Waals surface area contributed by atoms with Crippen LogP contribution in [0.3, 0.4) is 0 Å². The van der Waals surface area contributed by atoms with E-state index in [1.54, 1.807) is 0 Å². The Bertz CT molecular complexity index is 573. The van der Waals surface area contributed by atoms with E-state index >= 15 is 0 Å². The fraction of sp³-hybridized carbons (Fsp3) is 0.357. The second-order valence-electron chi connectivity index (χ2n) is 4.62. The van der Waals surface area contributed by atoms with Gasteiger partial charge in [-0.3, -0.25) is 0 Å². The van der Waals surface area contributed by atoms with E-state index < -0.39 is 0 Å². The molecule has 0 saturated carbocycles. The third-order valence-electron chi connectivity index (χ3n) is 3.30. The predicted molar refractivity (Wildman–Crippen MR) is 77.1 cm³/mol. The summed E-state index contributed by atoms with van der Waals surface area (Å²) in [6.45, 7) is 4.65. The summed E-state index contributed by atoms with van der Waals surface area (Å²) in [7, 11) is 0. The Hall–Kier alpha value is -1.13. The van der Waals surface area contributed by atoms with Crippen LogP contribution in [0.5, 0.6) is 0 Å². The number of ether oxygens (including phenoxy) is 1. The topological polar surface area (TPSA) is 25.4 Å². The molecular weight excluding hydrogens is 292 g/mol. The van der Waals surface area contributed by atoms with Gasteiger partial charge in [0.1, 0.15) is 5.82 Å². The van der Waals surface area contributed by atoms with Gasteiger partial charge < -0.3 is 9.64 Å². The molecule has 2 heterocycles. The van der Waals surface area contributed by atoms with Crippen molar-refractivity contribution in [2.45, 2.75) is 13.0 Å². The highest BCUT2D eigenvalue weighted by Gasteiger charge is 2.20. The van der Waals surface area contributed by atoms with Crippen LogP contribution in [0.25, 0.3) is 10.9 Å². The molecule has 1 aliphatic rings. The van der Waals surface area contributed by atoms with E-state index in [0.29, 0.717) is 6.04 Å². The maximum Gasteiger partial charge on any atom is 0.129 e. The van der Waals surface area contributed by atoms with Gasteiger partial charge >= 0.3 is 0 Å². The van der Waals surface area contributed by atoms with Crippen LogP contribution in [0, 0.1) is 0 Å². The third kappa shape index (κ3) is 2.22. The Balaban J connectivity index is 1.99. The van der Waals surface area contributed by atoms with E-state index in [1.807, 2.05) is 12.1 Å². The molecule has 0 spiro atoms.